The van der Waals surface area contributed by atoms with Gasteiger partial charge in [0.15, 0.2) is 0 Å². The number of fused-ring (bicyclic) bond motifs is 1. The first-order chi connectivity index (χ1) is 36.6. The first kappa shape index (κ1) is 62.0. The second kappa shape index (κ2) is 38.1. The van der Waals surface area contributed by atoms with Gasteiger partial charge < -0.3 is 74.0 Å². The van der Waals surface area contributed by atoms with Crippen LogP contribution in [0, 0.1) is 5.92 Å². The van der Waals surface area contributed by atoms with Crippen molar-refractivity contribution in [3.05, 3.63) is 41.2 Å². The molecule has 0 aromatic carbocycles. The molecule has 0 aliphatic carbocycles. The molecule has 0 spiro atoms. The smallest absolute Gasteiger partial charge is 0.314 e. The first-order valence-corrected chi connectivity index (χ1v) is 25.5. The topological polar surface area (TPSA) is 301 Å². The fourth-order valence-corrected chi connectivity index (χ4v) is 6.98. The van der Waals surface area contributed by atoms with Gasteiger partial charge in [0.1, 0.15) is 12.4 Å². The minimum Gasteiger partial charge on any atom is -0.387 e. The number of nitrogens with two attached hydrogens (primary N) is 1. The highest BCUT2D eigenvalue weighted by Gasteiger charge is 2.32. The van der Waals surface area contributed by atoms with Gasteiger partial charge in [-0.3, -0.25) is 38.7 Å². The molecule has 3 aliphatic rings. The molecular formula is C49H77N9O17. The van der Waals surface area contributed by atoms with Crippen LogP contribution in [0.2, 0.25) is 0 Å². The molecule has 5 N–H and O–H groups in total. The molecule has 26 nitrogen and oxygen atoms in total. The number of pyridine rings is 1. The van der Waals surface area contributed by atoms with E-state index < -0.39 is 17.7 Å². The lowest BCUT2D eigenvalue weighted by Crippen LogP contribution is -2.54. The molecule has 420 valence electrons. The second-order valence-corrected chi connectivity index (χ2v) is 16.7. The van der Waals surface area contributed by atoms with E-state index in [1.807, 2.05) is 13.8 Å². The zero-order valence-electron chi connectivity index (χ0n) is 43.4. The molecule has 4 rings (SSSR count). The van der Waals surface area contributed by atoms with E-state index in [4.69, 9.17) is 57.9 Å². The molecule has 1 aromatic rings. The van der Waals surface area contributed by atoms with Gasteiger partial charge in [-0.1, -0.05) is 6.92 Å². The molecule has 7 amide bonds. The molecule has 0 saturated carbocycles. The van der Waals surface area contributed by atoms with Crippen LogP contribution in [0.3, 0.4) is 0 Å². The van der Waals surface area contributed by atoms with Gasteiger partial charge in [-0.15, -0.1) is 0 Å². The molecule has 26 heteroatoms. The van der Waals surface area contributed by atoms with Crippen LogP contribution >= 0.6 is 0 Å². The summed E-state index contributed by atoms with van der Waals surface area (Å²) < 4.78 is 54.8. The Balaban J connectivity index is 0.822. The lowest BCUT2D eigenvalue weighted by atomic mass is 9.99. The third-order valence-corrected chi connectivity index (χ3v) is 10.8. The van der Waals surface area contributed by atoms with Crippen molar-refractivity contribution in [2.75, 3.05) is 185 Å². The van der Waals surface area contributed by atoms with Gasteiger partial charge in [0, 0.05) is 75.5 Å². The SMILES string of the molecule is CCCN(OCC)C(=O)C1=Cc2ncc(C(=O)N3CC(CNC(=O)NCCOCCOCCOCCOCCOCCOCCOCCOCCOCCOCCNC(=O)CN4C(=O)C=CC4=O)C3)cc2N=C(N)C1. The summed E-state index contributed by atoms with van der Waals surface area (Å²) in [5, 5.41) is 9.51. The minimum atomic E-state index is -0.500. The summed E-state index contributed by atoms with van der Waals surface area (Å²) in [5.41, 5.74) is 7.77. The van der Waals surface area contributed by atoms with E-state index in [2.05, 4.69) is 25.9 Å². The molecule has 1 saturated heterocycles. The number of ether oxygens (including phenoxy) is 10. The number of nitrogens with one attached hydrogen (secondary N) is 3. The highest BCUT2D eigenvalue weighted by molar-refractivity contribution is 6.14. The summed E-state index contributed by atoms with van der Waals surface area (Å²) in [4.78, 5) is 90.3. The molecule has 3 aliphatic heterocycles. The van der Waals surface area contributed by atoms with Gasteiger partial charge in [-0.05, 0) is 25.5 Å². The van der Waals surface area contributed by atoms with E-state index in [1.54, 1.807) is 17.0 Å². The number of amidine groups is 1. The second-order valence-electron chi connectivity index (χ2n) is 16.7. The Morgan fingerprint density at radius 2 is 1.13 bits per heavy atom. The number of rotatable bonds is 43. The Morgan fingerprint density at radius 1 is 0.667 bits per heavy atom. The highest BCUT2D eigenvalue weighted by Crippen LogP contribution is 2.28. The van der Waals surface area contributed by atoms with Crippen LogP contribution < -0.4 is 21.7 Å². The maximum absolute atomic E-state index is 13.2. The number of carbonyl (C=O) groups excluding carboxylic acids is 6. The summed E-state index contributed by atoms with van der Waals surface area (Å²) in [5.74, 6) is -1.60. The Bertz CT molecular complexity index is 1960. The number of amides is 7. The largest absolute Gasteiger partial charge is 0.387 e. The van der Waals surface area contributed by atoms with Crippen LogP contribution in [-0.2, 0) is 71.4 Å². The predicted molar refractivity (Wildman–Crippen MR) is 270 cm³/mol. The van der Waals surface area contributed by atoms with Crippen molar-refractivity contribution in [1.29, 1.82) is 0 Å². The van der Waals surface area contributed by atoms with Gasteiger partial charge >= 0.3 is 6.03 Å². The zero-order valence-corrected chi connectivity index (χ0v) is 43.4. The Labute approximate surface area is 438 Å². The Morgan fingerprint density at radius 3 is 1.60 bits per heavy atom. The maximum Gasteiger partial charge on any atom is 0.314 e. The number of imide groups is 1. The molecule has 0 unspecified atom stereocenters. The van der Waals surface area contributed by atoms with Crippen LogP contribution in [0.15, 0.2) is 35.0 Å². The minimum absolute atomic E-state index is 0.108. The summed E-state index contributed by atoms with van der Waals surface area (Å²) in [7, 11) is 0. The van der Waals surface area contributed by atoms with E-state index >= 15 is 0 Å². The number of aromatic nitrogens is 1. The van der Waals surface area contributed by atoms with Gasteiger partial charge in [0.2, 0.25) is 5.91 Å². The molecule has 0 radical (unpaired) electrons. The quantitative estimate of drug-likeness (QED) is 0.0368. The zero-order chi connectivity index (χ0) is 53.7. The van der Waals surface area contributed by atoms with Crippen molar-refractivity contribution in [3.63, 3.8) is 0 Å². The van der Waals surface area contributed by atoms with Crippen molar-refractivity contribution in [2.24, 2.45) is 16.6 Å². The third-order valence-electron chi connectivity index (χ3n) is 10.8. The summed E-state index contributed by atoms with van der Waals surface area (Å²) in [6.45, 7) is 14.3. The standard InChI is InChI=1S/C49H77N9O17/c1-3-9-58(75-4-2)48(63)39-30-41-42(55-43(50)32-39)31-40(34-53-41)47(62)56-35-38(36-56)33-54-49(64)52-8-11-66-13-15-68-17-19-70-21-23-72-25-27-74-29-28-73-26-24-71-22-20-69-18-16-67-14-12-65-10-7-51-44(59)37-57-45(60)5-6-46(57)61/h5-6,30-31,34,38H,3-4,7-29,32-33,35-37H2,1-2H3,(H2,50,55)(H,51,59)(H2,52,54,64). The van der Waals surface area contributed by atoms with Crippen molar-refractivity contribution < 1.29 is 81.0 Å². The third kappa shape index (κ3) is 25.7. The number of likely N-dealkylation sites (tertiary alicyclic amines) is 1. The average Bonchev–Trinajstić information content (AvgIpc) is 3.58. The molecular weight excluding hydrogens is 987 g/mol. The van der Waals surface area contributed by atoms with Crippen LogP contribution in [-0.4, -0.2) is 246 Å². The molecule has 1 fully saturated rings. The monoisotopic (exact) mass is 1060 g/mol. The van der Waals surface area contributed by atoms with Crippen LogP contribution in [0.5, 0.6) is 0 Å². The van der Waals surface area contributed by atoms with E-state index in [9.17, 15) is 28.8 Å². The van der Waals surface area contributed by atoms with Crippen LogP contribution in [0.1, 0.15) is 42.7 Å². The number of aliphatic imine (C=N–C) groups is 1. The van der Waals surface area contributed by atoms with Crippen LogP contribution in [0.25, 0.3) is 6.08 Å². The van der Waals surface area contributed by atoms with Crippen molar-refractivity contribution in [2.45, 2.75) is 26.7 Å². The van der Waals surface area contributed by atoms with Gasteiger partial charge in [0.05, 0.1) is 156 Å². The summed E-state index contributed by atoms with van der Waals surface area (Å²) in [6.07, 6.45) is 6.24. The Kier molecular flexibility index (Phi) is 31.5. The number of carbonyl (C=O) groups is 6. The highest BCUT2D eigenvalue weighted by atomic mass is 16.7. The number of hydrogen-bond donors (Lipinski definition) is 4. The fraction of sp³-hybridized carbons (Fsp3) is 0.673. The van der Waals surface area contributed by atoms with E-state index in [-0.39, 0.29) is 55.7 Å². The lowest BCUT2D eigenvalue weighted by molar-refractivity contribution is -0.180. The van der Waals surface area contributed by atoms with Crippen LogP contribution in [0.4, 0.5) is 10.5 Å². The fourth-order valence-electron chi connectivity index (χ4n) is 6.98. The van der Waals surface area contributed by atoms with Crippen molar-refractivity contribution >= 4 is 53.2 Å². The number of hydroxylamine groups is 2. The number of nitrogens with zero attached hydrogens (tertiary/aromatic N) is 5. The Hall–Kier alpha value is -5.52. The predicted octanol–water partition coefficient (Wildman–Crippen LogP) is -0.374. The molecule has 75 heavy (non-hydrogen) atoms. The number of hydrogen-bond acceptors (Lipinski definition) is 20. The molecule has 4 heterocycles. The van der Waals surface area contributed by atoms with Gasteiger partial charge in [-0.25, -0.2) is 14.9 Å². The van der Waals surface area contributed by atoms with Crippen molar-refractivity contribution in [1.82, 2.24) is 35.8 Å². The molecule has 1 aromatic heterocycles. The first-order valence-electron chi connectivity index (χ1n) is 25.5. The van der Waals surface area contributed by atoms with E-state index in [0.717, 1.165) is 23.5 Å². The van der Waals surface area contributed by atoms with Gasteiger partial charge in [-0.2, -0.15) is 0 Å². The summed E-state index contributed by atoms with van der Waals surface area (Å²) in [6, 6.07) is 1.32. The van der Waals surface area contributed by atoms with Gasteiger partial charge in [0.25, 0.3) is 23.6 Å². The lowest BCUT2D eigenvalue weighted by Gasteiger charge is -2.39. The van der Waals surface area contributed by atoms with Crippen molar-refractivity contribution in [3.8, 4) is 0 Å². The van der Waals surface area contributed by atoms with E-state index in [1.165, 1.54) is 11.3 Å². The maximum atomic E-state index is 13.2. The summed E-state index contributed by atoms with van der Waals surface area (Å²) >= 11 is 0. The number of urea groups is 1. The molecule has 0 bridgehead atoms. The normalized spacial score (nSPS) is 14.3. The van der Waals surface area contributed by atoms with E-state index in [0.29, 0.717) is 187 Å². The average molecular weight is 1060 g/mol. The molecule has 0 atom stereocenters.